The maximum absolute atomic E-state index is 5.51. The van der Waals surface area contributed by atoms with Gasteiger partial charge in [-0.05, 0) is 25.8 Å². The van der Waals surface area contributed by atoms with Crippen LogP contribution in [0.2, 0.25) is 0 Å². The highest BCUT2D eigenvalue weighted by Gasteiger charge is 2.19. The number of anilines is 2. The van der Waals surface area contributed by atoms with Gasteiger partial charge in [0.05, 0.1) is 18.6 Å². The van der Waals surface area contributed by atoms with Gasteiger partial charge in [-0.25, -0.2) is 0 Å². The highest BCUT2D eigenvalue weighted by molar-refractivity contribution is 5.89. The lowest BCUT2D eigenvalue weighted by Gasteiger charge is -2.27. The molecule has 2 fully saturated rings. The second-order valence-electron chi connectivity index (χ2n) is 8.79. The van der Waals surface area contributed by atoms with Crippen LogP contribution in [0.1, 0.15) is 76.3 Å². The van der Waals surface area contributed by atoms with Crippen molar-refractivity contribution < 1.29 is 4.74 Å². The first-order valence-electron chi connectivity index (χ1n) is 11.8. The van der Waals surface area contributed by atoms with Crippen LogP contribution in [0.15, 0.2) is 6.07 Å². The molecule has 2 aromatic rings. The van der Waals surface area contributed by atoms with E-state index in [9.17, 15) is 0 Å². The Morgan fingerprint density at radius 2 is 1.55 bits per heavy atom. The van der Waals surface area contributed by atoms with Crippen molar-refractivity contribution in [3.8, 4) is 0 Å². The summed E-state index contributed by atoms with van der Waals surface area (Å²) in [7, 11) is 0. The van der Waals surface area contributed by atoms with Gasteiger partial charge >= 0.3 is 0 Å². The zero-order chi connectivity index (χ0) is 19.9. The number of aryl methyl sites for hydroxylation is 1. The summed E-state index contributed by atoms with van der Waals surface area (Å²) < 4.78 is 5.51. The van der Waals surface area contributed by atoms with Crippen LogP contribution >= 0.6 is 0 Å². The van der Waals surface area contributed by atoms with Gasteiger partial charge in [0.2, 0.25) is 5.95 Å². The Kier molecular flexibility index (Phi) is 7.25. The van der Waals surface area contributed by atoms with Gasteiger partial charge in [-0.3, -0.25) is 0 Å². The predicted octanol–water partition coefficient (Wildman–Crippen LogP) is 5.19. The molecule has 6 nitrogen and oxygen atoms in total. The molecule has 2 aromatic heterocycles. The molecular formula is C23H37N5O. The van der Waals surface area contributed by atoms with Crippen molar-refractivity contribution in [2.24, 2.45) is 0 Å². The highest BCUT2D eigenvalue weighted by Crippen LogP contribution is 2.27. The molecule has 1 saturated carbocycles. The lowest BCUT2D eigenvalue weighted by atomic mass is 9.98. The Morgan fingerprint density at radius 3 is 2.21 bits per heavy atom. The molecule has 0 bridgehead atoms. The third-order valence-electron chi connectivity index (χ3n) is 6.35. The van der Waals surface area contributed by atoms with Crippen LogP contribution in [0.25, 0.3) is 11.0 Å². The van der Waals surface area contributed by atoms with Crippen LogP contribution < -0.4 is 10.2 Å². The van der Waals surface area contributed by atoms with Gasteiger partial charge < -0.3 is 19.9 Å². The van der Waals surface area contributed by atoms with Crippen molar-refractivity contribution in [2.45, 2.75) is 83.6 Å². The molecule has 3 heterocycles. The number of nitrogens with zero attached hydrogens (tertiary/aromatic N) is 3. The average molecular weight is 400 g/mol. The average Bonchev–Trinajstić information content (AvgIpc) is 3.11. The molecule has 1 aliphatic heterocycles. The molecule has 2 N–H and O–H groups in total. The van der Waals surface area contributed by atoms with E-state index in [-0.39, 0.29) is 0 Å². The maximum atomic E-state index is 5.51. The summed E-state index contributed by atoms with van der Waals surface area (Å²) in [4.78, 5) is 15.5. The Morgan fingerprint density at radius 1 is 0.931 bits per heavy atom. The van der Waals surface area contributed by atoms with Crippen molar-refractivity contribution in [1.29, 1.82) is 0 Å². The standard InChI is InChI=1S/C23H37N5O/c1-18-17-20-21(24-18)26-23(28-13-15-29-16-14-28)27-22(20)25-19-11-9-7-5-3-2-4-6-8-10-12-19/h17,19H,2-16H2,1H3,(H2,24,25,26,27). The van der Waals surface area contributed by atoms with Gasteiger partial charge in [-0.1, -0.05) is 57.8 Å². The topological polar surface area (TPSA) is 66.1 Å². The Hall–Kier alpha value is -1.82. The van der Waals surface area contributed by atoms with Gasteiger partial charge in [0.1, 0.15) is 11.5 Å². The van der Waals surface area contributed by atoms with E-state index < -0.39 is 0 Å². The summed E-state index contributed by atoms with van der Waals surface area (Å²) in [5.74, 6) is 1.82. The van der Waals surface area contributed by atoms with Gasteiger partial charge in [0.25, 0.3) is 0 Å². The quantitative estimate of drug-likeness (QED) is 0.744. The minimum Gasteiger partial charge on any atom is -0.378 e. The van der Waals surface area contributed by atoms with Crippen LogP contribution in [-0.4, -0.2) is 47.3 Å². The van der Waals surface area contributed by atoms with Crippen molar-refractivity contribution in [1.82, 2.24) is 15.0 Å². The summed E-state index contributed by atoms with van der Waals surface area (Å²) in [6.45, 7) is 5.30. The SMILES string of the molecule is Cc1cc2c(NC3CCCCCCCCCCC3)nc(N3CCOCC3)nc2[nH]1. The molecule has 2 aliphatic rings. The number of aromatic nitrogens is 3. The molecule has 0 radical (unpaired) electrons. The largest absolute Gasteiger partial charge is 0.378 e. The maximum Gasteiger partial charge on any atom is 0.229 e. The van der Waals surface area contributed by atoms with Crippen LogP contribution in [0.4, 0.5) is 11.8 Å². The third kappa shape index (κ3) is 5.62. The first-order valence-corrected chi connectivity index (χ1v) is 11.8. The van der Waals surface area contributed by atoms with E-state index >= 15 is 0 Å². The van der Waals surface area contributed by atoms with Crippen LogP contribution in [0.3, 0.4) is 0 Å². The lowest BCUT2D eigenvalue weighted by Crippen LogP contribution is -2.37. The molecular weight excluding hydrogens is 362 g/mol. The molecule has 1 aliphatic carbocycles. The van der Waals surface area contributed by atoms with Crippen molar-refractivity contribution in [3.63, 3.8) is 0 Å². The number of nitrogens with one attached hydrogen (secondary N) is 2. The van der Waals surface area contributed by atoms with Crippen molar-refractivity contribution >= 4 is 22.8 Å². The number of rotatable bonds is 3. The second-order valence-corrected chi connectivity index (χ2v) is 8.79. The van der Waals surface area contributed by atoms with E-state index in [4.69, 9.17) is 14.7 Å². The van der Waals surface area contributed by atoms with E-state index in [0.29, 0.717) is 6.04 Å². The molecule has 0 spiro atoms. The molecule has 0 aromatic carbocycles. The number of morpholine rings is 1. The Balaban J connectivity index is 1.53. The van der Waals surface area contributed by atoms with Crippen LogP contribution in [-0.2, 0) is 4.74 Å². The smallest absolute Gasteiger partial charge is 0.229 e. The summed E-state index contributed by atoms with van der Waals surface area (Å²) >= 11 is 0. The van der Waals surface area contributed by atoms with E-state index in [2.05, 4.69) is 28.2 Å². The number of ether oxygens (including phenoxy) is 1. The van der Waals surface area contributed by atoms with Gasteiger partial charge in [-0.15, -0.1) is 0 Å². The molecule has 0 amide bonds. The Labute approximate surface area is 174 Å². The van der Waals surface area contributed by atoms with E-state index in [1.165, 1.54) is 70.6 Å². The minimum absolute atomic E-state index is 0.500. The molecule has 1 saturated heterocycles. The zero-order valence-corrected chi connectivity index (χ0v) is 18.0. The van der Waals surface area contributed by atoms with E-state index in [1.807, 2.05) is 0 Å². The Bertz CT molecular complexity index is 756. The predicted molar refractivity (Wildman–Crippen MR) is 120 cm³/mol. The molecule has 160 valence electrons. The summed E-state index contributed by atoms with van der Waals surface area (Å²) in [6, 6.07) is 2.68. The van der Waals surface area contributed by atoms with E-state index in [0.717, 1.165) is 54.8 Å². The second kappa shape index (κ2) is 10.3. The van der Waals surface area contributed by atoms with Crippen LogP contribution in [0.5, 0.6) is 0 Å². The van der Waals surface area contributed by atoms with Gasteiger partial charge in [-0.2, -0.15) is 9.97 Å². The normalized spacial score (nSPS) is 20.9. The van der Waals surface area contributed by atoms with E-state index in [1.54, 1.807) is 0 Å². The highest BCUT2D eigenvalue weighted by atomic mass is 16.5. The number of aromatic amines is 1. The number of fused-ring (bicyclic) bond motifs is 1. The first-order chi connectivity index (χ1) is 14.3. The van der Waals surface area contributed by atoms with Gasteiger partial charge in [0, 0.05) is 24.8 Å². The zero-order valence-electron chi connectivity index (χ0n) is 18.0. The summed E-state index contributed by atoms with van der Waals surface area (Å²) in [5.41, 5.74) is 2.07. The first kappa shape index (κ1) is 20.5. The number of hydrogen-bond acceptors (Lipinski definition) is 5. The fraction of sp³-hybridized carbons (Fsp3) is 0.739. The molecule has 0 atom stereocenters. The lowest BCUT2D eigenvalue weighted by molar-refractivity contribution is 0.122. The molecule has 29 heavy (non-hydrogen) atoms. The van der Waals surface area contributed by atoms with Gasteiger partial charge in [0.15, 0.2) is 0 Å². The van der Waals surface area contributed by atoms with Crippen molar-refractivity contribution in [3.05, 3.63) is 11.8 Å². The monoisotopic (exact) mass is 399 g/mol. The molecule has 4 rings (SSSR count). The van der Waals surface area contributed by atoms with Crippen LogP contribution in [0, 0.1) is 6.92 Å². The molecule has 6 heteroatoms. The fourth-order valence-electron chi connectivity index (χ4n) is 4.64. The third-order valence-corrected chi connectivity index (χ3v) is 6.35. The molecule has 0 unspecified atom stereocenters. The minimum atomic E-state index is 0.500. The number of hydrogen-bond donors (Lipinski definition) is 2. The summed E-state index contributed by atoms with van der Waals surface area (Å²) in [5, 5.41) is 4.96. The number of H-pyrrole nitrogens is 1. The summed E-state index contributed by atoms with van der Waals surface area (Å²) in [6.07, 6.45) is 14.9. The fourth-order valence-corrected chi connectivity index (χ4v) is 4.64. The van der Waals surface area contributed by atoms with Crippen molar-refractivity contribution in [2.75, 3.05) is 36.5 Å².